The lowest BCUT2D eigenvalue weighted by Crippen LogP contribution is -2.49. The maximum absolute atomic E-state index is 11.5. The number of carbonyl (C=O) groups excluding carboxylic acids is 1. The molecule has 1 fully saturated rings. The quantitative estimate of drug-likeness (QED) is 0.772. The van der Waals surface area contributed by atoms with Gasteiger partial charge < -0.3 is 10.1 Å². The van der Waals surface area contributed by atoms with Crippen LogP contribution in [0.3, 0.4) is 0 Å². The predicted molar refractivity (Wildman–Crippen MR) is 71.9 cm³/mol. The standard InChI is InChI=1S/C15H20N2O/c1-14(2,3)10-5-7-16-13-12(10)11-4-6-15(11,9-18)8-17-13/h5,7,9,11H,4,6,8H2,1-3H3,(H,16,17). The molecule has 3 rings (SSSR count). The largest absolute Gasteiger partial charge is 0.369 e. The summed E-state index contributed by atoms with van der Waals surface area (Å²) in [5, 5.41) is 3.36. The van der Waals surface area contributed by atoms with Crippen LogP contribution < -0.4 is 5.32 Å². The van der Waals surface area contributed by atoms with E-state index in [9.17, 15) is 4.79 Å². The molecule has 1 saturated carbocycles. The van der Waals surface area contributed by atoms with Crippen LogP contribution in [0, 0.1) is 5.41 Å². The maximum Gasteiger partial charge on any atom is 0.129 e. The molecule has 0 saturated heterocycles. The van der Waals surface area contributed by atoms with Crippen LogP contribution in [0.2, 0.25) is 0 Å². The van der Waals surface area contributed by atoms with Crippen molar-refractivity contribution in [3.63, 3.8) is 0 Å². The molecule has 0 aromatic carbocycles. The molecule has 0 radical (unpaired) electrons. The Bertz CT molecular complexity index is 504. The topological polar surface area (TPSA) is 42.0 Å². The monoisotopic (exact) mass is 244 g/mol. The first kappa shape index (κ1) is 11.7. The third-order valence-corrected chi connectivity index (χ3v) is 4.56. The second-order valence-corrected chi connectivity index (χ2v) is 6.67. The van der Waals surface area contributed by atoms with Crippen molar-refractivity contribution < 1.29 is 4.79 Å². The van der Waals surface area contributed by atoms with E-state index >= 15 is 0 Å². The number of fused-ring (bicyclic) bond motifs is 3. The van der Waals surface area contributed by atoms with E-state index in [0.717, 1.165) is 31.5 Å². The summed E-state index contributed by atoms with van der Waals surface area (Å²) in [7, 11) is 0. The Morgan fingerprint density at radius 2 is 2.28 bits per heavy atom. The van der Waals surface area contributed by atoms with E-state index in [4.69, 9.17) is 0 Å². The average Bonchev–Trinajstić information content (AvgIpc) is 2.28. The summed E-state index contributed by atoms with van der Waals surface area (Å²) in [6, 6.07) is 2.11. The van der Waals surface area contributed by atoms with Crippen LogP contribution in [-0.2, 0) is 10.2 Å². The molecule has 1 aromatic heterocycles. The molecule has 1 aliphatic carbocycles. The van der Waals surface area contributed by atoms with Crippen molar-refractivity contribution in [2.24, 2.45) is 5.41 Å². The lowest BCUT2D eigenvalue weighted by atomic mass is 9.55. The Balaban J connectivity index is 2.16. The number of rotatable bonds is 1. The van der Waals surface area contributed by atoms with Crippen molar-refractivity contribution in [2.45, 2.75) is 44.9 Å². The highest BCUT2D eigenvalue weighted by Crippen LogP contribution is 2.57. The van der Waals surface area contributed by atoms with Crippen LogP contribution in [0.5, 0.6) is 0 Å². The lowest BCUT2D eigenvalue weighted by Gasteiger charge is -2.51. The van der Waals surface area contributed by atoms with Gasteiger partial charge in [0.05, 0.1) is 5.41 Å². The van der Waals surface area contributed by atoms with Gasteiger partial charge in [-0.15, -0.1) is 0 Å². The van der Waals surface area contributed by atoms with Crippen LogP contribution in [0.15, 0.2) is 12.3 Å². The molecule has 2 unspecified atom stereocenters. The number of aldehydes is 1. The van der Waals surface area contributed by atoms with E-state index < -0.39 is 0 Å². The lowest BCUT2D eigenvalue weighted by molar-refractivity contribution is -0.121. The van der Waals surface area contributed by atoms with Crippen molar-refractivity contribution in [3.05, 3.63) is 23.4 Å². The molecule has 18 heavy (non-hydrogen) atoms. The molecule has 0 bridgehead atoms. The minimum Gasteiger partial charge on any atom is -0.369 e. The molecule has 1 aromatic rings. The third kappa shape index (κ3) is 1.43. The number of aromatic nitrogens is 1. The highest BCUT2D eigenvalue weighted by molar-refractivity contribution is 5.71. The zero-order chi connectivity index (χ0) is 13.0. The molecule has 3 nitrogen and oxygen atoms in total. The van der Waals surface area contributed by atoms with Gasteiger partial charge in [-0.1, -0.05) is 20.8 Å². The maximum atomic E-state index is 11.5. The van der Waals surface area contributed by atoms with Crippen LogP contribution in [0.1, 0.15) is 50.7 Å². The van der Waals surface area contributed by atoms with Crippen LogP contribution in [0.4, 0.5) is 5.82 Å². The number of carbonyl (C=O) groups is 1. The second kappa shape index (κ2) is 3.56. The number of pyridine rings is 1. The SMILES string of the molecule is CC(C)(C)c1ccnc2c1C1CCC1(C=O)CN2. The molecule has 96 valence electrons. The molecule has 3 heteroatoms. The molecule has 2 atom stereocenters. The number of anilines is 1. The molecule has 2 heterocycles. The minimum absolute atomic E-state index is 0.0935. The molecule has 1 N–H and O–H groups in total. The van der Waals surface area contributed by atoms with E-state index in [1.165, 1.54) is 11.1 Å². The molecule has 0 amide bonds. The highest BCUT2D eigenvalue weighted by atomic mass is 16.1. The Hall–Kier alpha value is -1.38. The van der Waals surface area contributed by atoms with Crippen molar-refractivity contribution in [2.75, 3.05) is 11.9 Å². The van der Waals surface area contributed by atoms with E-state index in [-0.39, 0.29) is 10.8 Å². The minimum atomic E-state index is -0.171. The molecular weight excluding hydrogens is 224 g/mol. The normalized spacial score (nSPS) is 29.6. The van der Waals surface area contributed by atoms with E-state index in [2.05, 4.69) is 37.1 Å². The van der Waals surface area contributed by atoms with Crippen molar-refractivity contribution in [1.29, 1.82) is 0 Å². The van der Waals surface area contributed by atoms with Gasteiger partial charge in [0, 0.05) is 24.2 Å². The van der Waals surface area contributed by atoms with Gasteiger partial charge in [-0.2, -0.15) is 0 Å². The summed E-state index contributed by atoms with van der Waals surface area (Å²) in [6.45, 7) is 7.41. The van der Waals surface area contributed by atoms with Crippen LogP contribution in [-0.4, -0.2) is 17.8 Å². The summed E-state index contributed by atoms with van der Waals surface area (Å²) in [5.74, 6) is 1.36. The van der Waals surface area contributed by atoms with Gasteiger partial charge in [-0.25, -0.2) is 4.98 Å². The van der Waals surface area contributed by atoms with Gasteiger partial charge in [0.1, 0.15) is 12.1 Å². The number of hydrogen-bond donors (Lipinski definition) is 1. The fourth-order valence-corrected chi connectivity index (χ4v) is 3.35. The summed E-state index contributed by atoms with van der Waals surface area (Å²) in [5.41, 5.74) is 2.54. The molecule has 0 spiro atoms. The first-order chi connectivity index (χ1) is 8.48. The first-order valence-electron chi connectivity index (χ1n) is 6.67. The molecular formula is C15H20N2O. The third-order valence-electron chi connectivity index (χ3n) is 4.56. The van der Waals surface area contributed by atoms with Gasteiger partial charge in [0.2, 0.25) is 0 Å². The summed E-state index contributed by atoms with van der Waals surface area (Å²) >= 11 is 0. The van der Waals surface area contributed by atoms with E-state index in [1.807, 2.05) is 6.20 Å². The van der Waals surface area contributed by atoms with Crippen LogP contribution >= 0.6 is 0 Å². The fraction of sp³-hybridized carbons (Fsp3) is 0.600. The number of hydrogen-bond acceptors (Lipinski definition) is 3. The van der Waals surface area contributed by atoms with E-state index in [1.54, 1.807) is 0 Å². The predicted octanol–water partition coefficient (Wildman–Crippen LogP) is 2.87. The fourth-order valence-electron chi connectivity index (χ4n) is 3.35. The zero-order valence-electron chi connectivity index (χ0n) is 11.3. The Morgan fingerprint density at radius 3 is 2.83 bits per heavy atom. The number of nitrogens with zero attached hydrogens (tertiary/aromatic N) is 1. The Labute approximate surface area is 108 Å². The van der Waals surface area contributed by atoms with Gasteiger partial charge in [-0.05, 0) is 29.9 Å². The average molecular weight is 244 g/mol. The van der Waals surface area contributed by atoms with E-state index in [0.29, 0.717) is 5.92 Å². The van der Waals surface area contributed by atoms with Gasteiger partial charge in [0.15, 0.2) is 0 Å². The van der Waals surface area contributed by atoms with Crippen molar-refractivity contribution in [3.8, 4) is 0 Å². The summed E-state index contributed by atoms with van der Waals surface area (Å²) < 4.78 is 0. The smallest absolute Gasteiger partial charge is 0.129 e. The molecule has 2 aliphatic rings. The van der Waals surface area contributed by atoms with Gasteiger partial charge in [-0.3, -0.25) is 0 Å². The van der Waals surface area contributed by atoms with Gasteiger partial charge >= 0.3 is 0 Å². The summed E-state index contributed by atoms with van der Waals surface area (Å²) in [4.78, 5) is 15.9. The Kier molecular flexibility index (Phi) is 2.31. The Morgan fingerprint density at radius 1 is 1.50 bits per heavy atom. The number of nitrogens with one attached hydrogen (secondary N) is 1. The van der Waals surface area contributed by atoms with Crippen molar-refractivity contribution in [1.82, 2.24) is 4.98 Å². The highest BCUT2D eigenvalue weighted by Gasteiger charge is 2.52. The molecule has 1 aliphatic heterocycles. The first-order valence-corrected chi connectivity index (χ1v) is 6.67. The summed E-state index contributed by atoms with van der Waals surface area (Å²) in [6.07, 6.45) is 5.16. The second-order valence-electron chi connectivity index (χ2n) is 6.67. The van der Waals surface area contributed by atoms with Crippen molar-refractivity contribution >= 4 is 12.1 Å². The van der Waals surface area contributed by atoms with Gasteiger partial charge in [0.25, 0.3) is 0 Å². The van der Waals surface area contributed by atoms with Crippen LogP contribution in [0.25, 0.3) is 0 Å². The zero-order valence-corrected chi connectivity index (χ0v) is 11.3.